The zero-order chi connectivity index (χ0) is 11.3. The summed E-state index contributed by atoms with van der Waals surface area (Å²) >= 11 is 0. The van der Waals surface area contributed by atoms with E-state index in [4.69, 9.17) is 19.9 Å². The van der Waals surface area contributed by atoms with E-state index in [1.54, 1.807) is 13.8 Å². The average Bonchev–Trinajstić information content (AvgIpc) is 2.48. The molecule has 6 nitrogen and oxygen atoms in total. The summed E-state index contributed by atoms with van der Waals surface area (Å²) in [7, 11) is 0. The third-order valence-electron chi connectivity index (χ3n) is 2.78. The number of aliphatic hydroxyl groups excluding tert-OH is 1. The molecule has 0 aliphatic carbocycles. The van der Waals surface area contributed by atoms with Crippen LogP contribution in [0.3, 0.4) is 0 Å². The largest absolute Gasteiger partial charge is 0.385 e. The van der Waals surface area contributed by atoms with Crippen LogP contribution >= 0.6 is 0 Å². The predicted molar refractivity (Wildman–Crippen MR) is 49.8 cm³/mol. The van der Waals surface area contributed by atoms with Crippen molar-refractivity contribution in [2.45, 2.75) is 43.7 Å². The van der Waals surface area contributed by atoms with E-state index in [9.17, 15) is 10.2 Å². The quantitative estimate of drug-likeness (QED) is 0.499. The molecule has 0 spiro atoms. The predicted octanol–water partition coefficient (Wildman–Crippen LogP) is -1.46. The van der Waals surface area contributed by atoms with E-state index in [1.807, 2.05) is 0 Å². The van der Waals surface area contributed by atoms with Crippen molar-refractivity contribution in [1.82, 2.24) is 0 Å². The fourth-order valence-electron chi connectivity index (χ4n) is 2.01. The first-order valence-electron chi connectivity index (χ1n) is 4.98. The van der Waals surface area contributed by atoms with Crippen LogP contribution in [0.5, 0.6) is 0 Å². The molecule has 2 heterocycles. The van der Waals surface area contributed by atoms with E-state index >= 15 is 0 Å². The van der Waals surface area contributed by atoms with Gasteiger partial charge < -0.3 is 30.2 Å². The van der Waals surface area contributed by atoms with Gasteiger partial charge in [0.1, 0.15) is 18.3 Å². The van der Waals surface area contributed by atoms with E-state index in [2.05, 4.69) is 0 Å². The number of nitrogens with two attached hydrogens (primary N) is 1. The Morgan fingerprint density at radius 3 is 2.67 bits per heavy atom. The molecule has 0 unspecified atom stereocenters. The smallest absolute Gasteiger partial charge is 0.207 e. The number of aliphatic hydroxyl groups is 2. The van der Waals surface area contributed by atoms with E-state index < -0.39 is 23.8 Å². The maximum Gasteiger partial charge on any atom is 0.207 e. The molecule has 2 saturated heterocycles. The molecule has 4 N–H and O–H groups in total. The zero-order valence-corrected chi connectivity index (χ0v) is 8.84. The first-order valence-corrected chi connectivity index (χ1v) is 4.98. The Bertz CT molecular complexity index is 259. The summed E-state index contributed by atoms with van der Waals surface area (Å²) in [6.07, 6.45) is -2.15. The van der Waals surface area contributed by atoms with Crippen LogP contribution < -0.4 is 5.73 Å². The highest BCUT2D eigenvalue weighted by molar-refractivity contribution is 4.97. The lowest BCUT2D eigenvalue weighted by molar-refractivity contribution is -0.300. The second-order valence-electron chi connectivity index (χ2n) is 4.44. The number of hydrogen-bond donors (Lipinski definition) is 3. The fraction of sp³-hybridized carbons (Fsp3) is 1.00. The summed E-state index contributed by atoms with van der Waals surface area (Å²) in [5.74, 6) is -2.50. The van der Waals surface area contributed by atoms with Crippen molar-refractivity contribution in [3.63, 3.8) is 0 Å². The molecule has 2 fully saturated rings. The van der Waals surface area contributed by atoms with Gasteiger partial charge in [-0.15, -0.1) is 0 Å². The van der Waals surface area contributed by atoms with Gasteiger partial charge in [-0.3, -0.25) is 0 Å². The van der Waals surface area contributed by atoms with Crippen LogP contribution in [0.15, 0.2) is 0 Å². The van der Waals surface area contributed by atoms with Crippen LogP contribution in [0, 0.1) is 0 Å². The summed E-state index contributed by atoms with van der Waals surface area (Å²) in [6.45, 7) is 3.49. The molecule has 0 saturated carbocycles. The SMILES string of the molecule is CC1(C)O[C@@H]2[C@@H](CO[C@](O)(CN)[C@H]2O)O1. The minimum Gasteiger partial charge on any atom is -0.385 e. The van der Waals surface area contributed by atoms with Crippen LogP contribution in [0.25, 0.3) is 0 Å². The number of ether oxygens (including phenoxy) is 3. The molecule has 0 aromatic carbocycles. The normalized spacial score (nSPS) is 49.0. The molecular formula is C9H17NO5. The third kappa shape index (κ3) is 1.77. The molecule has 2 rings (SSSR count). The van der Waals surface area contributed by atoms with Gasteiger partial charge in [-0.1, -0.05) is 0 Å². The lowest BCUT2D eigenvalue weighted by atomic mass is 9.97. The van der Waals surface area contributed by atoms with Crippen molar-refractivity contribution in [3.05, 3.63) is 0 Å². The Kier molecular flexibility index (Phi) is 2.53. The minimum absolute atomic E-state index is 0.166. The molecule has 15 heavy (non-hydrogen) atoms. The summed E-state index contributed by atoms with van der Waals surface area (Å²) in [6, 6.07) is 0. The highest BCUT2D eigenvalue weighted by Crippen LogP contribution is 2.36. The standard InChI is InChI=1S/C9H17NO5/c1-8(2)14-5-3-13-9(12,4-10)7(11)6(5)15-8/h5-7,11-12H,3-4,10H2,1-2H3/t5-,6-,7+,9-/m1/s1. The lowest BCUT2D eigenvalue weighted by Gasteiger charge is -2.40. The molecule has 6 heteroatoms. The summed E-state index contributed by atoms with van der Waals surface area (Å²) in [5, 5.41) is 19.7. The minimum atomic E-state index is -1.73. The Morgan fingerprint density at radius 1 is 1.40 bits per heavy atom. The molecule has 4 atom stereocenters. The highest BCUT2D eigenvalue weighted by atomic mass is 16.8. The number of fused-ring (bicyclic) bond motifs is 1. The van der Waals surface area contributed by atoms with Gasteiger partial charge in [0.05, 0.1) is 6.61 Å². The third-order valence-corrected chi connectivity index (χ3v) is 2.78. The van der Waals surface area contributed by atoms with Gasteiger partial charge in [0.2, 0.25) is 5.79 Å². The van der Waals surface area contributed by atoms with Gasteiger partial charge in [0, 0.05) is 6.54 Å². The van der Waals surface area contributed by atoms with Gasteiger partial charge in [-0.25, -0.2) is 0 Å². The second-order valence-corrected chi connectivity index (χ2v) is 4.44. The van der Waals surface area contributed by atoms with Crippen molar-refractivity contribution in [2.24, 2.45) is 5.73 Å². The Hall–Kier alpha value is -0.240. The summed E-state index contributed by atoms with van der Waals surface area (Å²) < 4.78 is 16.1. The lowest BCUT2D eigenvalue weighted by Crippen LogP contribution is -2.63. The van der Waals surface area contributed by atoms with Crippen molar-refractivity contribution in [1.29, 1.82) is 0 Å². The molecule has 0 bridgehead atoms. The average molecular weight is 219 g/mol. The van der Waals surface area contributed by atoms with Gasteiger partial charge in [0.25, 0.3) is 0 Å². The molecule has 0 aromatic heterocycles. The van der Waals surface area contributed by atoms with E-state index in [0.29, 0.717) is 0 Å². The van der Waals surface area contributed by atoms with Crippen molar-refractivity contribution >= 4 is 0 Å². The van der Waals surface area contributed by atoms with Crippen molar-refractivity contribution in [3.8, 4) is 0 Å². The zero-order valence-electron chi connectivity index (χ0n) is 8.84. The van der Waals surface area contributed by atoms with Gasteiger partial charge in [-0.05, 0) is 13.8 Å². The molecule has 0 radical (unpaired) electrons. The topological polar surface area (TPSA) is 94.2 Å². The molecule has 2 aliphatic heterocycles. The van der Waals surface area contributed by atoms with E-state index in [1.165, 1.54) is 0 Å². The van der Waals surface area contributed by atoms with E-state index in [-0.39, 0.29) is 19.3 Å². The number of rotatable bonds is 1. The van der Waals surface area contributed by atoms with Crippen LogP contribution in [0.2, 0.25) is 0 Å². The number of hydrogen-bond acceptors (Lipinski definition) is 6. The highest BCUT2D eigenvalue weighted by Gasteiger charge is 2.55. The van der Waals surface area contributed by atoms with E-state index in [0.717, 1.165) is 0 Å². The monoisotopic (exact) mass is 219 g/mol. The van der Waals surface area contributed by atoms with Gasteiger partial charge >= 0.3 is 0 Å². The molecule has 2 aliphatic rings. The van der Waals surface area contributed by atoms with Crippen LogP contribution in [0.1, 0.15) is 13.8 Å². The Labute approximate surface area is 87.9 Å². The van der Waals surface area contributed by atoms with Crippen molar-refractivity contribution < 1.29 is 24.4 Å². The maximum absolute atomic E-state index is 9.87. The summed E-state index contributed by atoms with van der Waals surface area (Å²) in [5.41, 5.74) is 5.35. The Balaban J connectivity index is 2.16. The molecule has 88 valence electrons. The van der Waals surface area contributed by atoms with Crippen LogP contribution in [-0.4, -0.2) is 53.3 Å². The fourth-order valence-corrected chi connectivity index (χ4v) is 2.01. The molecular weight excluding hydrogens is 202 g/mol. The van der Waals surface area contributed by atoms with Crippen LogP contribution in [0.4, 0.5) is 0 Å². The van der Waals surface area contributed by atoms with Crippen LogP contribution in [-0.2, 0) is 14.2 Å². The molecule has 0 aromatic rings. The molecule has 0 amide bonds. The first kappa shape index (κ1) is 11.3. The van der Waals surface area contributed by atoms with Gasteiger partial charge in [-0.2, -0.15) is 0 Å². The maximum atomic E-state index is 9.87. The van der Waals surface area contributed by atoms with Gasteiger partial charge in [0.15, 0.2) is 5.79 Å². The van der Waals surface area contributed by atoms with Crippen molar-refractivity contribution in [2.75, 3.05) is 13.2 Å². The second kappa shape index (κ2) is 3.38. The summed E-state index contributed by atoms with van der Waals surface area (Å²) in [4.78, 5) is 0. The first-order chi connectivity index (χ1) is 6.88. The Morgan fingerprint density at radius 2 is 2.07 bits per heavy atom.